The standard InChI is InChI=1S/C17H34O/c1-4-5-6-7-8-9-10-11-12-13-14-15-18-16-17(2)3/h2,17H,4-16H2,1,3H3. The van der Waals surface area contributed by atoms with Crippen LogP contribution in [0.15, 0.2) is 0 Å². The number of unbranched alkanes of at least 4 members (excludes halogenated alkanes) is 10. The van der Waals surface area contributed by atoms with Crippen LogP contribution in [0.1, 0.15) is 84.5 Å². The van der Waals surface area contributed by atoms with E-state index in [0.717, 1.165) is 6.61 Å². The van der Waals surface area contributed by atoms with Gasteiger partial charge in [-0.15, -0.1) is 0 Å². The molecule has 0 aliphatic heterocycles. The number of hydrogen-bond acceptors (Lipinski definition) is 1. The van der Waals surface area contributed by atoms with Crippen LogP contribution in [0.4, 0.5) is 0 Å². The van der Waals surface area contributed by atoms with E-state index < -0.39 is 0 Å². The molecule has 0 aromatic rings. The third-order valence-corrected chi connectivity index (χ3v) is 3.27. The van der Waals surface area contributed by atoms with E-state index in [4.69, 9.17) is 11.7 Å². The molecule has 0 amide bonds. The maximum Gasteiger partial charge on any atom is 0.0494 e. The van der Waals surface area contributed by atoms with E-state index in [0.29, 0.717) is 6.61 Å². The van der Waals surface area contributed by atoms with E-state index >= 15 is 0 Å². The average molecular weight is 254 g/mol. The molecule has 0 N–H and O–H groups in total. The van der Waals surface area contributed by atoms with Gasteiger partial charge in [0.15, 0.2) is 0 Å². The lowest BCUT2D eigenvalue weighted by Gasteiger charge is -2.06. The van der Waals surface area contributed by atoms with Crippen molar-refractivity contribution in [3.8, 4) is 0 Å². The maximum atomic E-state index is 5.61. The molecule has 0 aliphatic carbocycles. The lowest BCUT2D eigenvalue weighted by atomic mass is 10.1. The topological polar surface area (TPSA) is 9.23 Å². The first-order valence-electron chi connectivity index (χ1n) is 8.10. The summed E-state index contributed by atoms with van der Waals surface area (Å²) < 4.78 is 5.45. The van der Waals surface area contributed by atoms with Gasteiger partial charge in [0.25, 0.3) is 0 Å². The van der Waals surface area contributed by atoms with Crippen molar-refractivity contribution in [2.45, 2.75) is 84.5 Å². The van der Waals surface area contributed by atoms with E-state index in [1.165, 1.54) is 70.6 Å². The van der Waals surface area contributed by atoms with Gasteiger partial charge >= 0.3 is 0 Å². The molecular weight excluding hydrogens is 220 g/mol. The predicted octanol–water partition coefficient (Wildman–Crippen LogP) is 5.66. The van der Waals surface area contributed by atoms with Crippen molar-refractivity contribution in [1.82, 2.24) is 0 Å². The average Bonchev–Trinajstić information content (AvgIpc) is 2.34. The molecule has 0 bridgehead atoms. The van der Waals surface area contributed by atoms with E-state index in [9.17, 15) is 0 Å². The normalized spacial score (nSPS) is 11.3. The summed E-state index contributed by atoms with van der Waals surface area (Å²) >= 11 is 0. The van der Waals surface area contributed by atoms with Crippen LogP contribution in [0.2, 0.25) is 0 Å². The summed E-state index contributed by atoms with van der Waals surface area (Å²) in [7, 11) is 0. The number of rotatable bonds is 14. The smallest absolute Gasteiger partial charge is 0.0494 e. The van der Waals surface area contributed by atoms with Gasteiger partial charge in [-0.1, -0.05) is 78.1 Å². The second kappa shape index (κ2) is 15.0. The molecule has 0 aromatic heterocycles. The molecule has 0 aromatic carbocycles. The van der Waals surface area contributed by atoms with Gasteiger partial charge in [-0.2, -0.15) is 0 Å². The summed E-state index contributed by atoms with van der Waals surface area (Å²) in [6.07, 6.45) is 15.2. The Labute approximate surface area is 116 Å². The van der Waals surface area contributed by atoms with Crippen LogP contribution in [0, 0.1) is 12.8 Å². The van der Waals surface area contributed by atoms with E-state index in [2.05, 4.69) is 6.92 Å². The molecule has 1 nitrogen and oxygen atoms in total. The van der Waals surface area contributed by atoms with Gasteiger partial charge in [-0.25, -0.2) is 0 Å². The fourth-order valence-electron chi connectivity index (χ4n) is 2.14. The van der Waals surface area contributed by atoms with Crippen LogP contribution in [-0.2, 0) is 4.74 Å². The summed E-state index contributed by atoms with van der Waals surface area (Å²) in [4.78, 5) is 0. The van der Waals surface area contributed by atoms with Crippen molar-refractivity contribution in [1.29, 1.82) is 0 Å². The van der Waals surface area contributed by atoms with Crippen molar-refractivity contribution in [3.05, 3.63) is 6.92 Å². The van der Waals surface area contributed by atoms with Gasteiger partial charge in [0, 0.05) is 13.2 Å². The third kappa shape index (κ3) is 16.0. The van der Waals surface area contributed by atoms with Crippen molar-refractivity contribution < 1.29 is 4.74 Å². The summed E-state index contributed by atoms with van der Waals surface area (Å²) in [5.41, 5.74) is 0. The zero-order valence-electron chi connectivity index (χ0n) is 12.8. The SMILES string of the molecule is [CH]C(C)COCCCCCCCCCCCCC. The molecule has 108 valence electrons. The Hall–Kier alpha value is -0.0400. The molecule has 2 radical (unpaired) electrons. The minimum absolute atomic E-state index is 0.178. The molecule has 0 rings (SSSR count). The minimum Gasteiger partial charge on any atom is -0.381 e. The Morgan fingerprint density at radius 3 is 1.67 bits per heavy atom. The molecule has 0 saturated carbocycles. The van der Waals surface area contributed by atoms with Gasteiger partial charge in [-0.05, 0) is 19.3 Å². The van der Waals surface area contributed by atoms with E-state index in [-0.39, 0.29) is 5.92 Å². The fraction of sp³-hybridized carbons (Fsp3) is 0.941. The van der Waals surface area contributed by atoms with Crippen molar-refractivity contribution in [3.63, 3.8) is 0 Å². The lowest BCUT2D eigenvalue weighted by Crippen LogP contribution is -2.03. The summed E-state index contributed by atoms with van der Waals surface area (Å²) in [6.45, 7) is 11.5. The van der Waals surface area contributed by atoms with Crippen molar-refractivity contribution in [2.24, 2.45) is 5.92 Å². The molecule has 0 fully saturated rings. The van der Waals surface area contributed by atoms with Crippen LogP contribution in [-0.4, -0.2) is 13.2 Å². The maximum absolute atomic E-state index is 5.61. The van der Waals surface area contributed by atoms with Crippen LogP contribution in [0.25, 0.3) is 0 Å². The molecule has 0 heterocycles. The first-order chi connectivity index (χ1) is 8.77. The first kappa shape index (κ1) is 18.0. The molecule has 0 saturated heterocycles. The van der Waals surface area contributed by atoms with E-state index in [1.807, 2.05) is 6.92 Å². The molecule has 1 heteroatoms. The quantitative estimate of drug-likeness (QED) is 0.363. The molecule has 18 heavy (non-hydrogen) atoms. The highest BCUT2D eigenvalue weighted by molar-refractivity contribution is 4.51. The Kier molecular flexibility index (Phi) is 15.0. The van der Waals surface area contributed by atoms with Gasteiger partial charge in [-0.3, -0.25) is 0 Å². The first-order valence-corrected chi connectivity index (χ1v) is 8.10. The van der Waals surface area contributed by atoms with Gasteiger partial charge in [0.05, 0.1) is 0 Å². The van der Waals surface area contributed by atoms with Crippen LogP contribution in [0.5, 0.6) is 0 Å². The summed E-state index contributed by atoms with van der Waals surface area (Å²) in [6, 6.07) is 0. The van der Waals surface area contributed by atoms with Crippen LogP contribution >= 0.6 is 0 Å². The molecule has 1 unspecified atom stereocenters. The van der Waals surface area contributed by atoms with Crippen LogP contribution < -0.4 is 0 Å². The highest BCUT2D eigenvalue weighted by Crippen LogP contribution is 2.11. The molecule has 0 spiro atoms. The third-order valence-electron chi connectivity index (χ3n) is 3.27. The molecular formula is C17H34O. The summed E-state index contributed by atoms with van der Waals surface area (Å²) in [5.74, 6) is 0.178. The second-order valence-corrected chi connectivity index (χ2v) is 5.59. The highest BCUT2D eigenvalue weighted by atomic mass is 16.5. The van der Waals surface area contributed by atoms with E-state index in [1.54, 1.807) is 0 Å². The lowest BCUT2D eigenvalue weighted by molar-refractivity contribution is 0.112. The second-order valence-electron chi connectivity index (χ2n) is 5.59. The minimum atomic E-state index is 0.178. The Bertz CT molecular complexity index is 143. The van der Waals surface area contributed by atoms with Crippen molar-refractivity contribution >= 4 is 0 Å². The monoisotopic (exact) mass is 254 g/mol. The Morgan fingerprint density at radius 1 is 0.778 bits per heavy atom. The van der Waals surface area contributed by atoms with Gasteiger partial charge in [0.2, 0.25) is 0 Å². The summed E-state index contributed by atoms with van der Waals surface area (Å²) in [5, 5.41) is 0. The number of ether oxygens (including phenoxy) is 1. The fourth-order valence-corrected chi connectivity index (χ4v) is 2.14. The van der Waals surface area contributed by atoms with Crippen molar-refractivity contribution in [2.75, 3.05) is 13.2 Å². The molecule has 0 aliphatic rings. The molecule has 1 atom stereocenters. The highest BCUT2D eigenvalue weighted by Gasteiger charge is 1.95. The van der Waals surface area contributed by atoms with Gasteiger partial charge in [0.1, 0.15) is 0 Å². The zero-order chi connectivity index (χ0) is 13.5. The Morgan fingerprint density at radius 2 is 1.22 bits per heavy atom. The predicted molar refractivity (Wildman–Crippen MR) is 80.7 cm³/mol. The number of hydrogen-bond donors (Lipinski definition) is 0. The van der Waals surface area contributed by atoms with Gasteiger partial charge < -0.3 is 4.74 Å². The Balaban J connectivity index is 2.90. The largest absolute Gasteiger partial charge is 0.381 e. The zero-order valence-corrected chi connectivity index (χ0v) is 12.8. The van der Waals surface area contributed by atoms with Crippen LogP contribution in [0.3, 0.4) is 0 Å².